The van der Waals surface area contributed by atoms with Crippen molar-refractivity contribution in [3.8, 4) is 6.07 Å². The van der Waals surface area contributed by atoms with Gasteiger partial charge in [0.05, 0.1) is 17.6 Å². The number of nitriles is 1. The van der Waals surface area contributed by atoms with Crippen LogP contribution in [0.4, 0.5) is 0 Å². The average Bonchev–Trinajstić information content (AvgIpc) is 2.72. The third kappa shape index (κ3) is 8.15. The van der Waals surface area contributed by atoms with Crippen LogP contribution >= 0.6 is 0 Å². The predicted molar refractivity (Wildman–Crippen MR) is 115 cm³/mol. The van der Waals surface area contributed by atoms with E-state index in [1.165, 1.54) is 89.9 Å². The zero-order valence-corrected chi connectivity index (χ0v) is 18.3. The molecule has 0 spiro atoms. The molecule has 0 saturated heterocycles. The average molecular weight is 376 g/mol. The summed E-state index contributed by atoms with van der Waals surface area (Å²) >= 11 is 0. The van der Waals surface area contributed by atoms with Gasteiger partial charge in [-0.25, -0.2) is 0 Å². The van der Waals surface area contributed by atoms with Crippen LogP contribution < -0.4 is 0 Å². The molecule has 2 aliphatic carbocycles. The Morgan fingerprint density at radius 2 is 1.48 bits per heavy atom. The summed E-state index contributed by atoms with van der Waals surface area (Å²) in [7, 11) is 0. The van der Waals surface area contributed by atoms with Gasteiger partial charge in [0.2, 0.25) is 0 Å². The molecule has 0 aliphatic heterocycles. The molecule has 0 amide bonds. The summed E-state index contributed by atoms with van der Waals surface area (Å²) < 4.78 is 6.32. The van der Waals surface area contributed by atoms with Crippen molar-refractivity contribution < 1.29 is 4.74 Å². The van der Waals surface area contributed by atoms with Gasteiger partial charge in [0, 0.05) is 6.61 Å². The number of nitrogens with zero attached hydrogens (tertiary/aromatic N) is 1. The van der Waals surface area contributed by atoms with Gasteiger partial charge in [-0.1, -0.05) is 65.2 Å². The molecule has 0 bridgehead atoms. The van der Waals surface area contributed by atoms with Crippen LogP contribution in [0.3, 0.4) is 0 Å². The minimum absolute atomic E-state index is 0.0138. The lowest BCUT2D eigenvalue weighted by atomic mass is 9.69. The van der Waals surface area contributed by atoms with Crippen molar-refractivity contribution in [3.63, 3.8) is 0 Å². The van der Waals surface area contributed by atoms with E-state index in [4.69, 9.17) is 4.74 Å². The highest BCUT2D eigenvalue weighted by atomic mass is 16.5. The van der Waals surface area contributed by atoms with E-state index in [1.54, 1.807) is 0 Å². The maximum absolute atomic E-state index is 9.77. The second-order valence-electron chi connectivity index (χ2n) is 9.62. The van der Waals surface area contributed by atoms with Gasteiger partial charge < -0.3 is 4.74 Å². The molecule has 156 valence electrons. The van der Waals surface area contributed by atoms with Gasteiger partial charge in [-0.15, -0.1) is 0 Å². The van der Waals surface area contributed by atoms with Crippen molar-refractivity contribution in [1.29, 1.82) is 5.26 Å². The summed E-state index contributed by atoms with van der Waals surface area (Å²) in [5.74, 6) is 1.66. The van der Waals surface area contributed by atoms with Crippen molar-refractivity contribution >= 4 is 0 Å². The molecule has 0 radical (unpaired) electrons. The lowest BCUT2D eigenvalue weighted by molar-refractivity contribution is -0.0134. The maximum Gasteiger partial charge on any atom is 0.0689 e. The first-order valence-electron chi connectivity index (χ1n) is 12.2. The number of hydrogen-bond acceptors (Lipinski definition) is 2. The third-order valence-corrected chi connectivity index (χ3v) is 7.39. The Hall–Kier alpha value is -0.550. The van der Waals surface area contributed by atoms with Gasteiger partial charge in [-0.3, -0.25) is 0 Å². The monoisotopic (exact) mass is 375 g/mol. The van der Waals surface area contributed by atoms with Crippen molar-refractivity contribution in [1.82, 2.24) is 0 Å². The zero-order valence-electron chi connectivity index (χ0n) is 18.3. The molecule has 0 aromatic heterocycles. The molecule has 0 heterocycles. The van der Waals surface area contributed by atoms with E-state index >= 15 is 0 Å². The summed E-state index contributed by atoms with van der Waals surface area (Å²) in [6, 6.07) is 2.72. The molecule has 0 N–H and O–H groups in total. The molecule has 0 aromatic rings. The van der Waals surface area contributed by atoms with Crippen LogP contribution in [0.5, 0.6) is 0 Å². The molecule has 0 atom stereocenters. The molecule has 2 saturated carbocycles. The molecule has 27 heavy (non-hydrogen) atoms. The molecule has 2 nitrogen and oxygen atoms in total. The molecule has 0 aromatic carbocycles. The van der Waals surface area contributed by atoms with Crippen molar-refractivity contribution in [2.75, 3.05) is 6.61 Å². The minimum atomic E-state index is -0.0138. The highest BCUT2D eigenvalue weighted by Gasteiger charge is 2.35. The van der Waals surface area contributed by atoms with E-state index in [-0.39, 0.29) is 5.41 Å². The van der Waals surface area contributed by atoms with Gasteiger partial charge in [0.15, 0.2) is 0 Å². The third-order valence-electron chi connectivity index (χ3n) is 7.39. The molecular weight excluding hydrogens is 330 g/mol. The van der Waals surface area contributed by atoms with Crippen LogP contribution in [0.1, 0.15) is 123 Å². The number of rotatable bonds is 12. The predicted octanol–water partition coefficient (Wildman–Crippen LogP) is 7.81. The molecule has 2 aliphatic rings. The van der Waals surface area contributed by atoms with Gasteiger partial charge >= 0.3 is 0 Å². The van der Waals surface area contributed by atoms with E-state index in [0.29, 0.717) is 12.0 Å². The van der Waals surface area contributed by atoms with Crippen molar-refractivity contribution in [2.45, 2.75) is 129 Å². The van der Waals surface area contributed by atoms with Crippen LogP contribution in [0.15, 0.2) is 0 Å². The fraction of sp³-hybridized carbons (Fsp3) is 0.960. The maximum atomic E-state index is 9.77. The number of unbranched alkanes of at least 4 members (excludes halogenated alkanes) is 5. The summed E-state index contributed by atoms with van der Waals surface area (Å²) in [5, 5.41) is 9.77. The largest absolute Gasteiger partial charge is 0.378 e. The number of ether oxygens (including phenoxy) is 1. The minimum Gasteiger partial charge on any atom is -0.378 e. The van der Waals surface area contributed by atoms with Crippen molar-refractivity contribution in [2.24, 2.45) is 17.3 Å². The Morgan fingerprint density at radius 1 is 0.815 bits per heavy atom. The Morgan fingerprint density at radius 3 is 2.11 bits per heavy atom. The molecule has 2 fully saturated rings. The van der Waals surface area contributed by atoms with Gasteiger partial charge in [0.1, 0.15) is 0 Å². The van der Waals surface area contributed by atoms with Gasteiger partial charge in [0.25, 0.3) is 0 Å². The van der Waals surface area contributed by atoms with Crippen molar-refractivity contribution in [3.05, 3.63) is 0 Å². The molecule has 0 unspecified atom stereocenters. The van der Waals surface area contributed by atoms with Crippen LogP contribution in [-0.2, 0) is 4.74 Å². The Kier molecular flexibility index (Phi) is 10.8. The van der Waals surface area contributed by atoms with E-state index in [0.717, 1.165) is 31.8 Å². The Bertz CT molecular complexity index is 411. The lowest BCUT2D eigenvalue weighted by Gasteiger charge is -2.36. The Labute approximate surface area is 169 Å². The highest BCUT2D eigenvalue weighted by Crippen LogP contribution is 2.42. The summed E-state index contributed by atoms with van der Waals surface area (Å²) in [5.41, 5.74) is -0.0138. The van der Waals surface area contributed by atoms with Gasteiger partial charge in [-0.2, -0.15) is 5.26 Å². The quantitative estimate of drug-likeness (QED) is 0.326. The molecular formula is C25H45NO. The van der Waals surface area contributed by atoms with E-state index in [9.17, 15) is 5.26 Å². The number of hydrogen-bond donors (Lipinski definition) is 0. The normalized spacial score (nSPS) is 31.5. The lowest BCUT2D eigenvalue weighted by Crippen LogP contribution is -2.30. The van der Waals surface area contributed by atoms with Crippen LogP contribution in [0.25, 0.3) is 0 Å². The fourth-order valence-corrected chi connectivity index (χ4v) is 5.23. The summed E-state index contributed by atoms with van der Waals surface area (Å²) in [6.45, 7) is 5.51. The van der Waals surface area contributed by atoms with E-state index < -0.39 is 0 Å². The fourth-order valence-electron chi connectivity index (χ4n) is 5.23. The van der Waals surface area contributed by atoms with E-state index in [2.05, 4.69) is 19.9 Å². The smallest absolute Gasteiger partial charge is 0.0689 e. The molecule has 2 heteroatoms. The van der Waals surface area contributed by atoms with Crippen LogP contribution in [0, 0.1) is 28.6 Å². The van der Waals surface area contributed by atoms with Crippen LogP contribution in [-0.4, -0.2) is 12.7 Å². The first-order chi connectivity index (χ1) is 13.2. The first-order valence-corrected chi connectivity index (χ1v) is 12.2. The van der Waals surface area contributed by atoms with Gasteiger partial charge in [-0.05, 0) is 69.6 Å². The summed E-state index contributed by atoms with van der Waals surface area (Å²) in [4.78, 5) is 0. The first kappa shape index (κ1) is 22.7. The van der Waals surface area contributed by atoms with E-state index in [1.807, 2.05) is 0 Å². The standard InChI is InChI=1S/C25H45NO/c1-3-5-7-8-9-17-25(21-26)18-15-23(16-19-25)20-27-24-13-11-22(12-14-24)10-6-4-2/h22-24H,3-20H2,1-2H3. The van der Waals surface area contributed by atoms with Crippen LogP contribution in [0.2, 0.25) is 0 Å². The Balaban J connectivity index is 1.59. The second kappa shape index (κ2) is 12.8. The molecule has 2 rings (SSSR count). The SMILES string of the molecule is CCCCCCCC1(C#N)CCC(COC2CCC(CCCC)CC2)CC1. The zero-order chi connectivity index (χ0) is 19.4. The second-order valence-corrected chi connectivity index (χ2v) is 9.62. The highest BCUT2D eigenvalue weighted by molar-refractivity contribution is 5.01. The topological polar surface area (TPSA) is 33.0 Å². The summed E-state index contributed by atoms with van der Waals surface area (Å²) in [6.07, 6.45) is 22.3.